The number of amides is 5. The van der Waals surface area contributed by atoms with E-state index in [2.05, 4.69) is 5.32 Å². The van der Waals surface area contributed by atoms with Crippen molar-refractivity contribution >= 4 is 28.0 Å². The van der Waals surface area contributed by atoms with Crippen LogP contribution in [0.1, 0.15) is 11.6 Å². The lowest BCUT2D eigenvalue weighted by Gasteiger charge is -2.20. The third-order valence-electron chi connectivity index (χ3n) is 3.30. The molecule has 1 aromatic rings. The highest BCUT2D eigenvalue weighted by atomic mass is 32.2. The minimum absolute atomic E-state index is 0.0992. The fraction of sp³-hybridized carbons (Fsp3) is 0.308. The number of sulfonamides is 1. The molecular formula is C13H16N4O5S. The topological polar surface area (TPSA) is 130 Å². The van der Waals surface area contributed by atoms with Crippen LogP contribution in [-0.4, -0.2) is 54.9 Å². The summed E-state index contributed by atoms with van der Waals surface area (Å²) in [5.74, 6) is -0.795. The first-order valence-corrected chi connectivity index (χ1v) is 8.50. The summed E-state index contributed by atoms with van der Waals surface area (Å²) in [6, 6.07) is 5.32. The number of nitrogens with two attached hydrogens (primary N) is 1. The zero-order valence-corrected chi connectivity index (χ0v) is 13.1. The summed E-state index contributed by atoms with van der Waals surface area (Å²) in [5, 5.41) is 2.35. The van der Waals surface area contributed by atoms with E-state index < -0.39 is 34.0 Å². The Bertz CT molecular complexity index is 734. The zero-order chi connectivity index (χ0) is 17.2. The molecule has 1 unspecified atom stereocenters. The first kappa shape index (κ1) is 16.7. The molecule has 3 N–H and O–H groups in total. The van der Waals surface area contributed by atoms with Gasteiger partial charge in [-0.05, 0) is 5.56 Å². The molecule has 1 aromatic carbocycles. The van der Waals surface area contributed by atoms with E-state index >= 15 is 0 Å². The van der Waals surface area contributed by atoms with Crippen molar-refractivity contribution in [2.45, 2.75) is 6.04 Å². The van der Waals surface area contributed by atoms with E-state index in [0.29, 0.717) is 9.87 Å². The highest BCUT2D eigenvalue weighted by molar-refractivity contribution is 7.88. The van der Waals surface area contributed by atoms with E-state index in [1.54, 1.807) is 30.3 Å². The standard InChI is InChI=1S/C13H16N4O5S/c1-23(21,22)17-8-7-16(13(17)20)12(19)15-10(11(14)18)9-5-3-2-4-6-9/h2-6,10H,7-8H2,1H3,(H2,14,18)(H,15,19). The van der Waals surface area contributed by atoms with Gasteiger partial charge >= 0.3 is 12.1 Å². The van der Waals surface area contributed by atoms with E-state index in [-0.39, 0.29) is 13.1 Å². The van der Waals surface area contributed by atoms with Crippen LogP contribution < -0.4 is 11.1 Å². The third-order valence-corrected chi connectivity index (χ3v) is 4.44. The van der Waals surface area contributed by atoms with Gasteiger partial charge in [-0.1, -0.05) is 30.3 Å². The number of primary amides is 1. The second kappa shape index (κ2) is 6.24. The number of rotatable bonds is 4. The van der Waals surface area contributed by atoms with Gasteiger partial charge in [0.2, 0.25) is 15.9 Å². The van der Waals surface area contributed by atoms with E-state index in [1.165, 1.54) is 0 Å². The molecule has 5 amide bonds. The smallest absolute Gasteiger partial charge is 0.341 e. The maximum absolute atomic E-state index is 12.2. The van der Waals surface area contributed by atoms with Crippen molar-refractivity contribution in [3.63, 3.8) is 0 Å². The Balaban J connectivity index is 2.15. The van der Waals surface area contributed by atoms with Gasteiger partial charge in [-0.2, -0.15) is 0 Å². The minimum atomic E-state index is -3.74. The fourth-order valence-corrected chi connectivity index (χ4v) is 2.97. The molecular weight excluding hydrogens is 324 g/mol. The molecule has 1 heterocycles. The van der Waals surface area contributed by atoms with Crippen LogP contribution in [0.25, 0.3) is 0 Å². The van der Waals surface area contributed by atoms with Crippen LogP contribution in [0.5, 0.6) is 0 Å². The molecule has 0 saturated carbocycles. The number of benzene rings is 1. The van der Waals surface area contributed by atoms with Gasteiger partial charge in [0.25, 0.3) is 0 Å². The molecule has 0 radical (unpaired) electrons. The van der Waals surface area contributed by atoms with Gasteiger partial charge in [-0.15, -0.1) is 0 Å². The molecule has 2 rings (SSSR count). The number of hydrogen-bond donors (Lipinski definition) is 2. The van der Waals surface area contributed by atoms with Crippen LogP contribution in [-0.2, 0) is 14.8 Å². The Morgan fingerprint density at radius 1 is 1.22 bits per heavy atom. The molecule has 1 aliphatic rings. The van der Waals surface area contributed by atoms with Gasteiger partial charge in [-0.3, -0.25) is 4.79 Å². The molecule has 0 spiro atoms. The Kier molecular flexibility index (Phi) is 4.55. The van der Waals surface area contributed by atoms with Crippen LogP contribution in [0.4, 0.5) is 9.59 Å². The SMILES string of the molecule is CS(=O)(=O)N1CCN(C(=O)NC(C(N)=O)c2ccccc2)C1=O. The zero-order valence-electron chi connectivity index (χ0n) is 12.3. The highest BCUT2D eigenvalue weighted by Crippen LogP contribution is 2.16. The first-order chi connectivity index (χ1) is 10.7. The maximum atomic E-state index is 12.2. The normalized spacial score (nSPS) is 16.3. The van der Waals surface area contributed by atoms with Crippen molar-refractivity contribution in [3.05, 3.63) is 35.9 Å². The van der Waals surface area contributed by atoms with Crippen LogP contribution in [0.3, 0.4) is 0 Å². The van der Waals surface area contributed by atoms with Gasteiger partial charge in [0.05, 0.1) is 19.3 Å². The average molecular weight is 340 g/mol. The molecule has 0 aromatic heterocycles. The third kappa shape index (κ3) is 3.59. The monoisotopic (exact) mass is 340 g/mol. The van der Waals surface area contributed by atoms with Crippen molar-refractivity contribution in [3.8, 4) is 0 Å². The molecule has 9 nitrogen and oxygen atoms in total. The Morgan fingerprint density at radius 3 is 2.30 bits per heavy atom. The summed E-state index contributed by atoms with van der Waals surface area (Å²) in [5.41, 5.74) is 5.74. The summed E-state index contributed by atoms with van der Waals surface area (Å²) < 4.78 is 23.5. The predicted molar refractivity (Wildman–Crippen MR) is 80.6 cm³/mol. The molecule has 1 fully saturated rings. The van der Waals surface area contributed by atoms with E-state index in [0.717, 1.165) is 11.2 Å². The van der Waals surface area contributed by atoms with Crippen LogP contribution in [0.2, 0.25) is 0 Å². The predicted octanol–water partition coefficient (Wildman–Crippen LogP) is -0.380. The van der Waals surface area contributed by atoms with Gasteiger partial charge < -0.3 is 11.1 Å². The van der Waals surface area contributed by atoms with Crippen LogP contribution >= 0.6 is 0 Å². The second-order valence-corrected chi connectivity index (χ2v) is 6.87. The number of nitrogens with one attached hydrogen (secondary N) is 1. The molecule has 1 aliphatic heterocycles. The van der Waals surface area contributed by atoms with Crippen LogP contribution in [0.15, 0.2) is 30.3 Å². The van der Waals surface area contributed by atoms with E-state index in [1.807, 2.05) is 0 Å². The van der Waals surface area contributed by atoms with Crippen molar-refractivity contribution in [1.29, 1.82) is 0 Å². The number of carbonyl (C=O) groups is 3. The number of hydrogen-bond acceptors (Lipinski definition) is 5. The Labute approximate surface area is 133 Å². The summed E-state index contributed by atoms with van der Waals surface area (Å²) in [6.07, 6.45) is 0.877. The van der Waals surface area contributed by atoms with Gasteiger partial charge in [-0.25, -0.2) is 27.2 Å². The maximum Gasteiger partial charge on any atom is 0.341 e. The van der Waals surface area contributed by atoms with E-state index in [4.69, 9.17) is 5.73 Å². The summed E-state index contributed by atoms with van der Waals surface area (Å²) in [7, 11) is -3.74. The first-order valence-electron chi connectivity index (χ1n) is 6.66. The molecule has 10 heteroatoms. The molecule has 1 atom stereocenters. The van der Waals surface area contributed by atoms with Crippen LogP contribution in [0, 0.1) is 0 Å². The Morgan fingerprint density at radius 2 is 1.83 bits per heavy atom. The Hall–Kier alpha value is -2.62. The number of imide groups is 1. The van der Waals surface area contributed by atoms with Gasteiger partial charge in [0.1, 0.15) is 6.04 Å². The molecule has 1 saturated heterocycles. The number of nitrogens with zero attached hydrogens (tertiary/aromatic N) is 2. The van der Waals surface area contributed by atoms with Gasteiger partial charge in [0, 0.05) is 0 Å². The lowest BCUT2D eigenvalue weighted by Crippen LogP contribution is -2.47. The summed E-state index contributed by atoms with van der Waals surface area (Å²) >= 11 is 0. The second-order valence-electron chi connectivity index (χ2n) is 4.96. The van der Waals surface area contributed by atoms with Crippen molar-refractivity contribution in [2.75, 3.05) is 19.3 Å². The average Bonchev–Trinajstić information content (AvgIpc) is 2.87. The quantitative estimate of drug-likeness (QED) is 0.771. The summed E-state index contributed by atoms with van der Waals surface area (Å²) in [4.78, 5) is 36.4. The van der Waals surface area contributed by atoms with E-state index in [9.17, 15) is 22.8 Å². The molecule has 0 bridgehead atoms. The number of carbonyl (C=O) groups excluding carboxylic acids is 3. The molecule has 124 valence electrons. The molecule has 23 heavy (non-hydrogen) atoms. The molecule has 0 aliphatic carbocycles. The number of urea groups is 2. The van der Waals surface area contributed by atoms with Gasteiger partial charge in [0.15, 0.2) is 0 Å². The lowest BCUT2D eigenvalue weighted by atomic mass is 10.1. The summed E-state index contributed by atoms with van der Waals surface area (Å²) in [6.45, 7) is -0.227. The van der Waals surface area contributed by atoms with Crippen molar-refractivity contribution in [1.82, 2.24) is 14.5 Å². The highest BCUT2D eigenvalue weighted by Gasteiger charge is 2.39. The fourth-order valence-electron chi connectivity index (χ4n) is 2.18. The van der Waals surface area contributed by atoms with Crippen molar-refractivity contribution in [2.24, 2.45) is 5.73 Å². The lowest BCUT2D eigenvalue weighted by molar-refractivity contribution is -0.119. The largest absolute Gasteiger partial charge is 0.368 e. The minimum Gasteiger partial charge on any atom is -0.368 e. The van der Waals surface area contributed by atoms with Crippen molar-refractivity contribution < 1.29 is 22.8 Å².